The van der Waals surface area contributed by atoms with Crippen molar-refractivity contribution in [2.45, 2.75) is 104 Å². The predicted molar refractivity (Wildman–Crippen MR) is 114 cm³/mol. The molecule has 0 aliphatic heterocycles. The molecule has 26 heavy (non-hydrogen) atoms. The summed E-state index contributed by atoms with van der Waals surface area (Å²) in [6, 6.07) is 0. The Bertz CT molecular complexity index is 526. The first-order valence-corrected chi connectivity index (χ1v) is 11.3. The standard InChI is InChI=1S/C23H36O.C2H6/c1-4-5-8-20-13-14-21-19(7-6-15-23(20,21)3)12-11-18-10-9-17(2)22(24)16-18;1-2/h11-12,20-22,24H,2,4-10,13-16H2,1,3H3;1-2H3/b18-11-,19-12+;. The van der Waals surface area contributed by atoms with E-state index in [1.54, 1.807) is 5.57 Å². The molecule has 0 amide bonds. The van der Waals surface area contributed by atoms with Gasteiger partial charge in [-0.15, -0.1) is 0 Å². The van der Waals surface area contributed by atoms with Gasteiger partial charge >= 0.3 is 0 Å². The Morgan fingerprint density at radius 2 is 1.92 bits per heavy atom. The number of unbranched alkanes of at least 4 members (excludes halogenated alkanes) is 1. The molecule has 3 saturated carbocycles. The summed E-state index contributed by atoms with van der Waals surface area (Å²) in [5, 5.41) is 10.0. The lowest BCUT2D eigenvalue weighted by Crippen LogP contribution is -2.33. The van der Waals surface area contributed by atoms with E-state index in [1.807, 2.05) is 13.8 Å². The van der Waals surface area contributed by atoms with Crippen LogP contribution in [0, 0.1) is 17.3 Å². The minimum atomic E-state index is -0.315. The molecule has 0 radical (unpaired) electrons. The highest BCUT2D eigenvalue weighted by molar-refractivity contribution is 5.27. The molecule has 3 rings (SSSR count). The number of aliphatic hydroxyl groups is 1. The summed E-state index contributed by atoms with van der Waals surface area (Å²) in [5.74, 6) is 1.76. The van der Waals surface area contributed by atoms with Crippen LogP contribution in [0.4, 0.5) is 0 Å². The monoisotopic (exact) mass is 358 g/mol. The highest BCUT2D eigenvalue weighted by Gasteiger charge is 2.48. The predicted octanol–water partition coefficient (Wildman–Crippen LogP) is 7.37. The maximum atomic E-state index is 10.0. The van der Waals surface area contributed by atoms with Crippen LogP contribution < -0.4 is 0 Å². The summed E-state index contributed by atoms with van der Waals surface area (Å²) in [6.07, 6.45) is 18.4. The van der Waals surface area contributed by atoms with Crippen LogP contribution in [0.1, 0.15) is 98.3 Å². The Labute approximate surface area is 162 Å². The molecule has 3 aliphatic carbocycles. The summed E-state index contributed by atoms with van der Waals surface area (Å²) in [6.45, 7) is 12.9. The van der Waals surface area contributed by atoms with Gasteiger partial charge in [0.1, 0.15) is 0 Å². The smallest absolute Gasteiger partial charge is 0.0784 e. The first kappa shape index (κ1) is 21.5. The van der Waals surface area contributed by atoms with E-state index >= 15 is 0 Å². The molecule has 4 unspecified atom stereocenters. The Hall–Kier alpha value is -0.820. The van der Waals surface area contributed by atoms with Gasteiger partial charge in [0.15, 0.2) is 0 Å². The molecule has 0 saturated heterocycles. The third kappa shape index (κ3) is 4.71. The highest BCUT2D eigenvalue weighted by atomic mass is 16.3. The Balaban J connectivity index is 0.00000117. The minimum absolute atomic E-state index is 0.315. The highest BCUT2D eigenvalue weighted by Crippen LogP contribution is 2.58. The molecular formula is C25H42O. The van der Waals surface area contributed by atoms with Crippen molar-refractivity contribution in [1.29, 1.82) is 0 Å². The van der Waals surface area contributed by atoms with Crippen LogP contribution >= 0.6 is 0 Å². The van der Waals surface area contributed by atoms with Crippen molar-refractivity contribution in [2.75, 3.05) is 0 Å². The van der Waals surface area contributed by atoms with E-state index in [4.69, 9.17) is 0 Å². The van der Waals surface area contributed by atoms with Gasteiger partial charge in [-0.3, -0.25) is 0 Å². The molecule has 3 aliphatic rings. The van der Waals surface area contributed by atoms with Crippen LogP contribution in [-0.2, 0) is 0 Å². The molecule has 1 N–H and O–H groups in total. The molecule has 148 valence electrons. The van der Waals surface area contributed by atoms with Crippen molar-refractivity contribution >= 4 is 0 Å². The van der Waals surface area contributed by atoms with Crippen molar-refractivity contribution < 1.29 is 5.11 Å². The summed E-state index contributed by atoms with van der Waals surface area (Å²) in [4.78, 5) is 0. The number of rotatable bonds is 4. The maximum Gasteiger partial charge on any atom is 0.0784 e. The van der Waals surface area contributed by atoms with Crippen molar-refractivity contribution in [2.24, 2.45) is 17.3 Å². The zero-order valence-electron chi connectivity index (χ0n) is 17.8. The molecule has 0 aromatic heterocycles. The van der Waals surface area contributed by atoms with Gasteiger partial charge in [0.05, 0.1) is 6.10 Å². The fraction of sp³-hybridized carbons (Fsp3) is 0.760. The lowest BCUT2D eigenvalue weighted by atomic mass is 9.62. The van der Waals surface area contributed by atoms with Crippen LogP contribution in [0.15, 0.2) is 35.5 Å². The SMILES string of the molecule is C=C1CC/C(=C/C=C2\CCCC3(C)C(CCCC)CCC23)CC1O.CC. The molecule has 4 atom stereocenters. The molecule has 3 fully saturated rings. The number of allylic oxidation sites excluding steroid dienone is 3. The van der Waals surface area contributed by atoms with E-state index < -0.39 is 0 Å². The van der Waals surface area contributed by atoms with E-state index in [0.717, 1.165) is 36.7 Å². The average Bonchev–Trinajstić information content (AvgIpc) is 2.99. The maximum absolute atomic E-state index is 10.0. The van der Waals surface area contributed by atoms with Crippen molar-refractivity contribution in [3.8, 4) is 0 Å². The van der Waals surface area contributed by atoms with E-state index in [0.29, 0.717) is 5.41 Å². The molecular weight excluding hydrogens is 316 g/mol. The average molecular weight is 359 g/mol. The van der Waals surface area contributed by atoms with Crippen LogP contribution in [0.2, 0.25) is 0 Å². The molecule has 1 heteroatoms. The summed E-state index contributed by atoms with van der Waals surface area (Å²) >= 11 is 0. The van der Waals surface area contributed by atoms with Gasteiger partial charge in [-0.05, 0) is 80.6 Å². The summed E-state index contributed by atoms with van der Waals surface area (Å²) in [5.41, 5.74) is 4.68. The molecule has 0 aromatic rings. The molecule has 0 aromatic carbocycles. The first-order chi connectivity index (χ1) is 12.5. The van der Waals surface area contributed by atoms with Gasteiger partial charge in [-0.1, -0.05) is 70.4 Å². The normalized spacial score (nSPS) is 37.4. The number of aliphatic hydroxyl groups excluding tert-OH is 1. The number of hydrogen-bond acceptors (Lipinski definition) is 1. The number of fused-ring (bicyclic) bond motifs is 1. The van der Waals surface area contributed by atoms with E-state index in [9.17, 15) is 5.11 Å². The third-order valence-electron chi connectivity index (χ3n) is 7.29. The zero-order valence-corrected chi connectivity index (χ0v) is 17.8. The van der Waals surface area contributed by atoms with Crippen LogP contribution in [-0.4, -0.2) is 11.2 Å². The Kier molecular flexibility index (Phi) is 8.20. The fourth-order valence-electron chi connectivity index (χ4n) is 5.63. The largest absolute Gasteiger partial charge is 0.388 e. The second-order valence-electron chi connectivity index (χ2n) is 8.77. The lowest BCUT2D eigenvalue weighted by molar-refractivity contribution is 0.127. The summed E-state index contributed by atoms with van der Waals surface area (Å²) in [7, 11) is 0. The summed E-state index contributed by atoms with van der Waals surface area (Å²) < 4.78 is 0. The van der Waals surface area contributed by atoms with E-state index in [1.165, 1.54) is 56.9 Å². The number of hydrogen-bond donors (Lipinski definition) is 1. The van der Waals surface area contributed by atoms with E-state index in [2.05, 4.69) is 32.6 Å². The van der Waals surface area contributed by atoms with Crippen molar-refractivity contribution in [3.05, 3.63) is 35.5 Å². The van der Waals surface area contributed by atoms with Crippen molar-refractivity contribution in [3.63, 3.8) is 0 Å². The zero-order chi connectivity index (χ0) is 19.2. The molecule has 0 bridgehead atoms. The molecule has 1 nitrogen and oxygen atoms in total. The molecule has 0 spiro atoms. The fourth-order valence-corrected chi connectivity index (χ4v) is 5.63. The van der Waals surface area contributed by atoms with Crippen LogP contribution in [0.25, 0.3) is 0 Å². The van der Waals surface area contributed by atoms with Gasteiger partial charge in [-0.25, -0.2) is 0 Å². The van der Waals surface area contributed by atoms with Gasteiger partial charge < -0.3 is 5.11 Å². The molecule has 0 heterocycles. The van der Waals surface area contributed by atoms with E-state index in [-0.39, 0.29) is 6.10 Å². The van der Waals surface area contributed by atoms with Gasteiger partial charge in [0.2, 0.25) is 0 Å². The van der Waals surface area contributed by atoms with Gasteiger partial charge in [0, 0.05) is 0 Å². The quantitative estimate of drug-likeness (QED) is 0.520. The topological polar surface area (TPSA) is 20.2 Å². The van der Waals surface area contributed by atoms with Crippen molar-refractivity contribution in [1.82, 2.24) is 0 Å². The van der Waals surface area contributed by atoms with Gasteiger partial charge in [0.25, 0.3) is 0 Å². The van der Waals surface area contributed by atoms with Crippen LogP contribution in [0.5, 0.6) is 0 Å². The Morgan fingerprint density at radius 3 is 2.62 bits per heavy atom. The van der Waals surface area contributed by atoms with Crippen LogP contribution in [0.3, 0.4) is 0 Å². The second kappa shape index (κ2) is 9.93. The first-order valence-electron chi connectivity index (χ1n) is 11.3. The minimum Gasteiger partial charge on any atom is -0.388 e. The lowest BCUT2D eigenvalue weighted by Gasteiger charge is -2.42. The van der Waals surface area contributed by atoms with Gasteiger partial charge in [-0.2, -0.15) is 0 Å². The second-order valence-corrected chi connectivity index (χ2v) is 8.77. The third-order valence-corrected chi connectivity index (χ3v) is 7.29. The Morgan fingerprint density at radius 1 is 1.15 bits per heavy atom.